The first-order chi connectivity index (χ1) is 33.1. The molecule has 4 nitrogen and oxygen atoms in total. The van der Waals surface area contributed by atoms with Crippen LogP contribution in [0.25, 0.3) is 127 Å². The third-order valence-electron chi connectivity index (χ3n) is 13.9. The van der Waals surface area contributed by atoms with Gasteiger partial charge in [0.15, 0.2) is 0 Å². The Hall–Kier alpha value is -8.86. The average molecular weight is 856 g/mol. The van der Waals surface area contributed by atoms with Crippen LogP contribution in [0.1, 0.15) is 5.56 Å². The number of rotatable bonds is 6. The fourth-order valence-electron chi connectivity index (χ4n) is 10.7. The zero-order chi connectivity index (χ0) is 44.2. The summed E-state index contributed by atoms with van der Waals surface area (Å²) in [4.78, 5) is 0. The monoisotopic (exact) mass is 855 g/mol. The zero-order valence-electron chi connectivity index (χ0n) is 36.7. The van der Waals surface area contributed by atoms with Crippen LogP contribution in [0, 0.1) is 6.92 Å². The smallest absolute Gasteiger partial charge is 0.135 e. The first-order valence-electron chi connectivity index (χ1n) is 23.0. The molecule has 0 radical (unpaired) electrons. The summed E-state index contributed by atoms with van der Waals surface area (Å²) in [6.45, 7) is 2.14. The summed E-state index contributed by atoms with van der Waals surface area (Å²) in [6.07, 6.45) is 0. The highest BCUT2D eigenvalue weighted by Gasteiger charge is 2.19. The van der Waals surface area contributed by atoms with Crippen LogP contribution in [-0.2, 0) is 0 Å². The summed E-state index contributed by atoms with van der Waals surface area (Å²) in [5, 5.41) is 8.50. The number of hydrogen-bond donors (Lipinski definition) is 0. The van der Waals surface area contributed by atoms with Crippen molar-refractivity contribution in [3.8, 4) is 50.6 Å². The molecule has 14 aromatic rings. The highest BCUT2D eigenvalue weighted by atomic mass is 16.3. The van der Waals surface area contributed by atoms with Gasteiger partial charge in [0.1, 0.15) is 11.3 Å². The van der Waals surface area contributed by atoms with Gasteiger partial charge in [-0.1, -0.05) is 115 Å². The van der Waals surface area contributed by atoms with Crippen molar-refractivity contribution >= 4 is 76.4 Å². The minimum absolute atomic E-state index is 0.868. The molecule has 14 rings (SSSR count). The fraction of sp³-hybridized carbons (Fsp3) is 0.0159. The maximum absolute atomic E-state index is 6.28. The van der Waals surface area contributed by atoms with Crippen LogP contribution >= 0.6 is 0 Å². The van der Waals surface area contributed by atoms with Crippen molar-refractivity contribution in [3.63, 3.8) is 0 Å². The van der Waals surface area contributed by atoms with Crippen molar-refractivity contribution in [1.29, 1.82) is 0 Å². The molecule has 0 spiro atoms. The van der Waals surface area contributed by atoms with E-state index in [1.54, 1.807) is 0 Å². The topological polar surface area (TPSA) is 27.9 Å². The SMILES string of the molecule is Cc1ccc(-n2c3ccccc3c3cc(-c4ccc5c(c4)c4cc(-c6ccc7c(c6)c6ccccc6n7-c6ccccc6)ccc4n5-c4ccc(-c5cc6ccccc6o5)cc4)ccc32)cc1. The summed E-state index contributed by atoms with van der Waals surface area (Å²) >= 11 is 0. The third kappa shape index (κ3) is 5.86. The van der Waals surface area contributed by atoms with Gasteiger partial charge in [0.2, 0.25) is 0 Å². The van der Waals surface area contributed by atoms with Crippen LogP contribution in [-0.4, -0.2) is 13.7 Å². The Morgan fingerprint density at radius 3 is 1.15 bits per heavy atom. The Balaban J connectivity index is 0.947. The van der Waals surface area contributed by atoms with Gasteiger partial charge in [0.05, 0.1) is 33.1 Å². The molecule has 0 fully saturated rings. The van der Waals surface area contributed by atoms with Gasteiger partial charge in [-0.15, -0.1) is 0 Å². The Labute approximate surface area is 386 Å². The lowest BCUT2D eigenvalue weighted by molar-refractivity contribution is 0.631. The molecule has 0 amide bonds. The van der Waals surface area contributed by atoms with E-state index in [0.717, 1.165) is 44.7 Å². The standard InChI is InChI=1S/C63H41N3O/c1-40-19-27-48(28-20-40)65-57-17-9-7-15-51(57)53-36-43(24-32-59(53)65)45-26-34-61-55(38-45)54-37-44(42-23-31-58-52(35-42)50-14-6-8-16-56(50)64(58)47-12-3-2-4-13-47)25-33-60(54)66(61)49-29-21-41(22-30-49)63-39-46-11-5-10-18-62(46)67-63/h2-39H,1H3. The van der Waals surface area contributed by atoms with Gasteiger partial charge >= 0.3 is 0 Å². The molecule has 0 aliphatic heterocycles. The van der Waals surface area contributed by atoms with Gasteiger partial charge in [-0.2, -0.15) is 0 Å². The van der Waals surface area contributed by atoms with Gasteiger partial charge in [0.25, 0.3) is 0 Å². The number of para-hydroxylation sites is 4. The molecule has 0 atom stereocenters. The number of hydrogen-bond acceptors (Lipinski definition) is 1. The second-order valence-electron chi connectivity index (χ2n) is 17.8. The summed E-state index contributed by atoms with van der Waals surface area (Å²) < 4.78 is 13.5. The minimum atomic E-state index is 0.868. The van der Waals surface area contributed by atoms with E-state index in [2.05, 4.69) is 239 Å². The van der Waals surface area contributed by atoms with Gasteiger partial charge in [-0.25, -0.2) is 0 Å². The lowest BCUT2D eigenvalue weighted by Gasteiger charge is -2.10. The van der Waals surface area contributed by atoms with Crippen LogP contribution in [0.5, 0.6) is 0 Å². The average Bonchev–Trinajstić information content (AvgIpc) is 4.15. The molecule has 4 aromatic heterocycles. The maximum atomic E-state index is 6.28. The van der Waals surface area contributed by atoms with Crippen LogP contribution < -0.4 is 0 Å². The van der Waals surface area contributed by atoms with Crippen molar-refractivity contribution in [2.75, 3.05) is 0 Å². The largest absolute Gasteiger partial charge is 0.456 e. The van der Waals surface area contributed by atoms with Crippen LogP contribution in [0.15, 0.2) is 235 Å². The third-order valence-corrected chi connectivity index (χ3v) is 13.9. The van der Waals surface area contributed by atoms with Crippen molar-refractivity contribution in [2.45, 2.75) is 6.92 Å². The van der Waals surface area contributed by atoms with Crippen molar-refractivity contribution < 1.29 is 4.42 Å². The Morgan fingerprint density at radius 1 is 0.284 bits per heavy atom. The summed E-state index contributed by atoms with van der Waals surface area (Å²) in [6, 6.07) is 84.0. The Kier molecular flexibility index (Phi) is 8.16. The Morgan fingerprint density at radius 2 is 0.657 bits per heavy atom. The fourth-order valence-corrected chi connectivity index (χ4v) is 10.7. The van der Waals surface area contributed by atoms with E-state index in [1.807, 2.05) is 12.1 Å². The van der Waals surface area contributed by atoms with E-state index in [-0.39, 0.29) is 0 Å². The number of nitrogens with zero attached hydrogens (tertiary/aromatic N) is 3. The first kappa shape index (κ1) is 37.5. The quantitative estimate of drug-likeness (QED) is 0.164. The predicted octanol–water partition coefficient (Wildman–Crippen LogP) is 17.0. The van der Waals surface area contributed by atoms with E-state index in [0.29, 0.717) is 0 Å². The molecule has 0 N–H and O–H groups in total. The van der Waals surface area contributed by atoms with Crippen LogP contribution in [0.4, 0.5) is 0 Å². The minimum Gasteiger partial charge on any atom is -0.456 e. The molecular formula is C63H41N3O. The van der Waals surface area contributed by atoms with Gasteiger partial charge in [-0.05, 0) is 151 Å². The zero-order valence-corrected chi connectivity index (χ0v) is 36.7. The van der Waals surface area contributed by atoms with Gasteiger partial charge in [-0.3, -0.25) is 0 Å². The summed E-state index contributed by atoms with van der Waals surface area (Å²) in [5.74, 6) is 0.868. The molecule has 4 heterocycles. The van der Waals surface area contributed by atoms with Crippen molar-refractivity contribution in [3.05, 3.63) is 236 Å². The second kappa shape index (κ2) is 14.6. The number of aromatic nitrogens is 3. The molecule has 0 saturated carbocycles. The highest BCUT2D eigenvalue weighted by Crippen LogP contribution is 2.41. The Bertz CT molecular complexity index is 4220. The normalized spacial score (nSPS) is 12.0. The molecule has 67 heavy (non-hydrogen) atoms. The predicted molar refractivity (Wildman–Crippen MR) is 280 cm³/mol. The van der Waals surface area contributed by atoms with E-state index in [4.69, 9.17) is 4.42 Å². The molecule has 0 bridgehead atoms. The molecule has 0 aliphatic rings. The number of furan rings is 1. The molecule has 0 unspecified atom stereocenters. The van der Waals surface area contributed by atoms with Crippen molar-refractivity contribution in [2.24, 2.45) is 0 Å². The molecular weight excluding hydrogens is 815 g/mol. The lowest BCUT2D eigenvalue weighted by atomic mass is 9.98. The number of aryl methyl sites for hydroxylation is 1. The molecule has 0 saturated heterocycles. The lowest BCUT2D eigenvalue weighted by Crippen LogP contribution is -1.94. The molecule has 4 heteroatoms. The first-order valence-corrected chi connectivity index (χ1v) is 23.0. The summed E-state index contributed by atoms with van der Waals surface area (Å²) in [7, 11) is 0. The van der Waals surface area contributed by atoms with Crippen LogP contribution in [0.2, 0.25) is 0 Å². The van der Waals surface area contributed by atoms with Crippen LogP contribution in [0.3, 0.4) is 0 Å². The van der Waals surface area contributed by atoms with E-state index < -0.39 is 0 Å². The van der Waals surface area contributed by atoms with Crippen molar-refractivity contribution in [1.82, 2.24) is 13.7 Å². The number of fused-ring (bicyclic) bond motifs is 10. The van der Waals surface area contributed by atoms with E-state index in [9.17, 15) is 0 Å². The summed E-state index contributed by atoms with van der Waals surface area (Å²) in [5.41, 5.74) is 18.5. The van der Waals surface area contributed by atoms with E-state index in [1.165, 1.54) is 87.9 Å². The molecule has 0 aliphatic carbocycles. The molecule has 10 aromatic carbocycles. The highest BCUT2D eigenvalue weighted by molar-refractivity contribution is 6.14. The maximum Gasteiger partial charge on any atom is 0.135 e. The second-order valence-corrected chi connectivity index (χ2v) is 17.8. The molecule has 314 valence electrons. The number of benzene rings is 10. The van der Waals surface area contributed by atoms with Gasteiger partial charge < -0.3 is 18.1 Å². The van der Waals surface area contributed by atoms with E-state index >= 15 is 0 Å². The van der Waals surface area contributed by atoms with Gasteiger partial charge in [0, 0.05) is 60.3 Å².